The van der Waals surface area contributed by atoms with E-state index in [1.807, 2.05) is 18.2 Å². The maximum absolute atomic E-state index is 13.1. The Kier molecular flexibility index (Phi) is 7.52. The van der Waals surface area contributed by atoms with Crippen LogP contribution in [-0.4, -0.2) is 48.4 Å². The van der Waals surface area contributed by atoms with Crippen molar-refractivity contribution in [1.29, 1.82) is 0 Å². The van der Waals surface area contributed by atoms with Crippen LogP contribution in [-0.2, 0) is 16.1 Å². The molecule has 5 heteroatoms. The van der Waals surface area contributed by atoms with Gasteiger partial charge in [-0.3, -0.25) is 9.69 Å². The topological polar surface area (TPSA) is 32.8 Å². The maximum atomic E-state index is 13.1. The van der Waals surface area contributed by atoms with Crippen molar-refractivity contribution >= 4 is 17.5 Å². The highest BCUT2D eigenvalue weighted by Crippen LogP contribution is 2.48. The monoisotopic (exact) mass is 488 g/mol. The minimum Gasteiger partial charge on any atom is -0.368 e. The standard InChI is InChI=1S/C30H33ClN2O2/c1-22-6-5-7-23(18-22)21-35-29(25-10-12-26(31)13-11-25)20-32-14-16-33(17-15-32)30(34)28-19-27(28)24-8-3-2-4-9-24/h2-13,18,27-29H,14-17,19-21H2,1H3/t27-,28?,29?/m0/s1. The molecule has 1 amide bonds. The molecule has 5 rings (SSSR count). The summed E-state index contributed by atoms with van der Waals surface area (Å²) in [6.07, 6.45) is 0.926. The fourth-order valence-corrected chi connectivity index (χ4v) is 5.21. The number of hydrogen-bond acceptors (Lipinski definition) is 3. The molecule has 35 heavy (non-hydrogen) atoms. The van der Waals surface area contributed by atoms with Gasteiger partial charge in [0, 0.05) is 43.7 Å². The van der Waals surface area contributed by atoms with Crippen molar-refractivity contribution in [1.82, 2.24) is 9.80 Å². The van der Waals surface area contributed by atoms with Gasteiger partial charge in [-0.25, -0.2) is 0 Å². The van der Waals surface area contributed by atoms with Gasteiger partial charge in [0.25, 0.3) is 0 Å². The first-order valence-corrected chi connectivity index (χ1v) is 12.9. The van der Waals surface area contributed by atoms with Gasteiger partial charge in [-0.15, -0.1) is 0 Å². The highest BCUT2D eigenvalue weighted by Gasteiger charge is 2.46. The predicted molar refractivity (Wildman–Crippen MR) is 140 cm³/mol. The molecule has 0 aromatic heterocycles. The van der Waals surface area contributed by atoms with Gasteiger partial charge in [-0.2, -0.15) is 0 Å². The fourth-order valence-electron chi connectivity index (χ4n) is 5.09. The van der Waals surface area contributed by atoms with Crippen LogP contribution in [0, 0.1) is 12.8 Å². The van der Waals surface area contributed by atoms with Crippen LogP contribution in [0.4, 0.5) is 0 Å². The Bertz CT molecular complexity index is 1130. The molecule has 1 saturated heterocycles. The second-order valence-electron chi connectivity index (χ2n) is 9.83. The summed E-state index contributed by atoms with van der Waals surface area (Å²) in [5.41, 5.74) is 4.84. The minimum atomic E-state index is -0.0547. The maximum Gasteiger partial charge on any atom is 0.226 e. The Hall–Kier alpha value is -2.66. The van der Waals surface area contributed by atoms with Crippen LogP contribution in [0.5, 0.6) is 0 Å². The van der Waals surface area contributed by atoms with E-state index in [1.54, 1.807) is 0 Å². The van der Waals surface area contributed by atoms with E-state index in [4.69, 9.17) is 16.3 Å². The van der Waals surface area contributed by atoms with Crippen molar-refractivity contribution in [2.24, 2.45) is 5.92 Å². The Morgan fingerprint density at radius 2 is 1.71 bits per heavy atom. The van der Waals surface area contributed by atoms with Crippen molar-refractivity contribution in [3.8, 4) is 0 Å². The molecule has 0 radical (unpaired) electrons. The molecule has 1 aliphatic heterocycles. The first-order valence-electron chi connectivity index (χ1n) is 12.6. The molecular weight excluding hydrogens is 456 g/mol. The number of benzene rings is 3. The van der Waals surface area contributed by atoms with Gasteiger partial charge < -0.3 is 9.64 Å². The summed E-state index contributed by atoms with van der Waals surface area (Å²) in [5, 5.41) is 0.729. The normalized spacial score (nSPS) is 21.0. The average molecular weight is 489 g/mol. The minimum absolute atomic E-state index is 0.0547. The number of nitrogens with zero attached hydrogens (tertiary/aromatic N) is 2. The molecule has 2 unspecified atom stereocenters. The summed E-state index contributed by atoms with van der Waals surface area (Å²) < 4.78 is 6.43. The smallest absolute Gasteiger partial charge is 0.226 e. The molecule has 0 bridgehead atoms. The van der Waals surface area contributed by atoms with E-state index in [1.165, 1.54) is 16.7 Å². The molecule has 4 nitrogen and oxygen atoms in total. The number of carbonyl (C=O) groups is 1. The van der Waals surface area contributed by atoms with Crippen molar-refractivity contribution in [2.75, 3.05) is 32.7 Å². The lowest BCUT2D eigenvalue weighted by Gasteiger charge is -2.36. The number of halogens is 1. The number of piperazine rings is 1. The summed E-state index contributed by atoms with van der Waals surface area (Å²) >= 11 is 6.14. The quantitative estimate of drug-likeness (QED) is 0.398. The highest BCUT2D eigenvalue weighted by atomic mass is 35.5. The molecule has 3 aromatic rings. The SMILES string of the molecule is Cc1cccc(COC(CN2CCN(C(=O)C3C[C@H]3c3ccccc3)CC2)c2ccc(Cl)cc2)c1. The van der Waals surface area contributed by atoms with Crippen LogP contribution in [0.1, 0.15) is 40.7 Å². The van der Waals surface area contributed by atoms with Crippen molar-refractivity contribution in [2.45, 2.75) is 32.0 Å². The molecule has 1 saturated carbocycles. The Labute approximate surface area is 213 Å². The first-order chi connectivity index (χ1) is 17.1. The summed E-state index contributed by atoms with van der Waals surface area (Å²) in [7, 11) is 0. The second kappa shape index (κ2) is 10.9. The summed E-state index contributed by atoms with van der Waals surface area (Å²) in [6.45, 7) is 6.76. The zero-order valence-electron chi connectivity index (χ0n) is 20.3. The molecule has 182 valence electrons. The average Bonchev–Trinajstić information content (AvgIpc) is 3.69. The first kappa shape index (κ1) is 24.1. The number of rotatable bonds is 8. The largest absolute Gasteiger partial charge is 0.368 e. The Morgan fingerprint density at radius 3 is 2.43 bits per heavy atom. The van der Waals surface area contributed by atoms with Crippen LogP contribution in [0.25, 0.3) is 0 Å². The predicted octanol–water partition coefficient (Wildman–Crippen LogP) is 5.85. The van der Waals surface area contributed by atoms with Gasteiger partial charge in [0.1, 0.15) is 0 Å². The number of carbonyl (C=O) groups excluding carboxylic acids is 1. The van der Waals surface area contributed by atoms with Crippen molar-refractivity contribution in [3.05, 3.63) is 106 Å². The van der Waals surface area contributed by atoms with Crippen LogP contribution >= 0.6 is 11.6 Å². The van der Waals surface area contributed by atoms with E-state index >= 15 is 0 Å². The van der Waals surface area contributed by atoms with Gasteiger partial charge >= 0.3 is 0 Å². The van der Waals surface area contributed by atoms with E-state index in [-0.39, 0.29) is 12.0 Å². The van der Waals surface area contributed by atoms with Crippen LogP contribution < -0.4 is 0 Å². The summed E-state index contributed by atoms with van der Waals surface area (Å²) in [4.78, 5) is 17.6. The number of aryl methyl sites for hydroxylation is 1. The molecular formula is C30H33ClN2O2. The number of amides is 1. The van der Waals surface area contributed by atoms with Gasteiger partial charge in [-0.1, -0.05) is 83.9 Å². The zero-order valence-corrected chi connectivity index (χ0v) is 21.0. The van der Waals surface area contributed by atoms with Crippen LogP contribution in [0.15, 0.2) is 78.9 Å². The third kappa shape index (κ3) is 6.13. The molecule has 0 N–H and O–H groups in total. The summed E-state index contributed by atoms with van der Waals surface area (Å²) in [6, 6.07) is 26.9. The molecule has 1 aliphatic carbocycles. The summed E-state index contributed by atoms with van der Waals surface area (Å²) in [5.74, 6) is 0.873. The lowest BCUT2D eigenvalue weighted by molar-refractivity contribution is -0.134. The van der Waals surface area contributed by atoms with E-state index in [0.29, 0.717) is 18.4 Å². The van der Waals surface area contributed by atoms with Crippen molar-refractivity contribution < 1.29 is 9.53 Å². The lowest BCUT2D eigenvalue weighted by Crippen LogP contribution is -2.50. The van der Waals surface area contributed by atoms with E-state index in [2.05, 4.69) is 77.4 Å². The van der Waals surface area contributed by atoms with Gasteiger partial charge in [0.2, 0.25) is 5.91 Å². The van der Waals surface area contributed by atoms with Crippen LogP contribution in [0.3, 0.4) is 0 Å². The van der Waals surface area contributed by atoms with E-state index < -0.39 is 0 Å². The van der Waals surface area contributed by atoms with E-state index in [0.717, 1.165) is 49.7 Å². The third-order valence-electron chi connectivity index (χ3n) is 7.22. The van der Waals surface area contributed by atoms with Crippen LogP contribution in [0.2, 0.25) is 5.02 Å². The highest BCUT2D eigenvalue weighted by molar-refractivity contribution is 6.30. The van der Waals surface area contributed by atoms with Crippen molar-refractivity contribution in [3.63, 3.8) is 0 Å². The lowest BCUT2D eigenvalue weighted by atomic mass is 10.1. The van der Waals surface area contributed by atoms with Gasteiger partial charge in [0.15, 0.2) is 0 Å². The van der Waals surface area contributed by atoms with Gasteiger partial charge in [-0.05, 0) is 48.1 Å². The molecule has 3 aromatic carbocycles. The molecule has 2 fully saturated rings. The Morgan fingerprint density at radius 1 is 0.971 bits per heavy atom. The third-order valence-corrected chi connectivity index (χ3v) is 7.47. The second-order valence-corrected chi connectivity index (χ2v) is 10.3. The molecule has 0 spiro atoms. The van der Waals surface area contributed by atoms with E-state index in [9.17, 15) is 4.79 Å². The Balaban J connectivity index is 1.17. The fraction of sp³-hybridized carbons (Fsp3) is 0.367. The zero-order chi connectivity index (χ0) is 24.2. The molecule has 2 aliphatic rings. The number of ether oxygens (including phenoxy) is 1. The van der Waals surface area contributed by atoms with Gasteiger partial charge in [0.05, 0.1) is 12.7 Å². The molecule has 3 atom stereocenters. The molecule has 1 heterocycles. The number of hydrogen-bond donors (Lipinski definition) is 0.